The van der Waals surface area contributed by atoms with E-state index < -0.39 is 5.82 Å². The van der Waals surface area contributed by atoms with Crippen LogP contribution in [0.1, 0.15) is 16.1 Å². The number of halogens is 3. The molecule has 1 aromatic heterocycles. The number of carbonyl (C=O) groups excluding carboxylic acids is 1. The molecule has 0 aliphatic rings. The SMILES string of the molecule is Cc1nc2ccc(Cl)cc2c(-c2ccccc2F)c1C(=O)Nc1ccccc1.Cl. The fourth-order valence-corrected chi connectivity index (χ4v) is 3.47. The zero-order valence-corrected chi connectivity index (χ0v) is 17.0. The molecule has 0 aliphatic carbocycles. The van der Waals surface area contributed by atoms with Gasteiger partial charge in [-0.05, 0) is 43.3 Å². The van der Waals surface area contributed by atoms with Gasteiger partial charge in [0, 0.05) is 27.2 Å². The minimum absolute atomic E-state index is 0. The van der Waals surface area contributed by atoms with Gasteiger partial charge in [0.05, 0.1) is 16.8 Å². The number of amides is 1. The van der Waals surface area contributed by atoms with Crippen molar-refractivity contribution >= 4 is 46.5 Å². The van der Waals surface area contributed by atoms with Crippen molar-refractivity contribution in [2.45, 2.75) is 6.92 Å². The summed E-state index contributed by atoms with van der Waals surface area (Å²) in [4.78, 5) is 17.7. The Labute approximate surface area is 179 Å². The number of aryl methyl sites for hydroxylation is 1. The van der Waals surface area contributed by atoms with Gasteiger partial charge in [-0.15, -0.1) is 12.4 Å². The molecular weight excluding hydrogens is 410 g/mol. The number of hydrogen-bond acceptors (Lipinski definition) is 2. The Bertz CT molecular complexity index is 1200. The second-order valence-electron chi connectivity index (χ2n) is 6.41. The fraction of sp³-hybridized carbons (Fsp3) is 0.0435. The van der Waals surface area contributed by atoms with Gasteiger partial charge in [-0.25, -0.2) is 4.39 Å². The Morgan fingerprint density at radius 3 is 2.41 bits per heavy atom. The highest BCUT2D eigenvalue weighted by molar-refractivity contribution is 6.31. The van der Waals surface area contributed by atoms with E-state index in [-0.39, 0.29) is 18.3 Å². The van der Waals surface area contributed by atoms with Crippen molar-refractivity contribution in [3.05, 3.63) is 94.9 Å². The van der Waals surface area contributed by atoms with Gasteiger partial charge >= 0.3 is 0 Å². The van der Waals surface area contributed by atoms with Crippen LogP contribution in [0.3, 0.4) is 0 Å². The molecule has 0 fully saturated rings. The largest absolute Gasteiger partial charge is 0.322 e. The lowest BCUT2D eigenvalue weighted by Crippen LogP contribution is -2.16. The van der Waals surface area contributed by atoms with Crippen molar-refractivity contribution in [3.8, 4) is 11.1 Å². The van der Waals surface area contributed by atoms with E-state index in [2.05, 4.69) is 10.3 Å². The summed E-state index contributed by atoms with van der Waals surface area (Å²) in [6.07, 6.45) is 0. The number of carbonyl (C=O) groups is 1. The number of rotatable bonds is 3. The number of aromatic nitrogens is 1. The normalized spacial score (nSPS) is 10.4. The summed E-state index contributed by atoms with van der Waals surface area (Å²) in [5.41, 5.74) is 2.95. The van der Waals surface area contributed by atoms with Gasteiger partial charge in [0.25, 0.3) is 5.91 Å². The molecule has 3 aromatic carbocycles. The van der Waals surface area contributed by atoms with Crippen LogP contribution in [0.5, 0.6) is 0 Å². The second kappa shape index (κ2) is 8.60. The third-order valence-corrected chi connectivity index (χ3v) is 4.76. The zero-order valence-electron chi connectivity index (χ0n) is 15.4. The van der Waals surface area contributed by atoms with Crippen molar-refractivity contribution in [2.75, 3.05) is 5.32 Å². The first-order chi connectivity index (χ1) is 13.5. The summed E-state index contributed by atoms with van der Waals surface area (Å²) >= 11 is 6.20. The molecule has 0 aliphatic heterocycles. The maximum absolute atomic E-state index is 14.7. The predicted octanol–water partition coefficient (Wildman–Crippen LogP) is 6.68. The molecule has 0 spiro atoms. The highest BCUT2D eigenvalue weighted by Crippen LogP contribution is 2.36. The summed E-state index contributed by atoms with van der Waals surface area (Å²) < 4.78 is 14.7. The molecule has 0 unspecified atom stereocenters. The molecule has 1 N–H and O–H groups in total. The van der Waals surface area contributed by atoms with Gasteiger partial charge in [-0.1, -0.05) is 48.0 Å². The van der Waals surface area contributed by atoms with E-state index in [1.54, 1.807) is 55.5 Å². The number of nitrogens with zero attached hydrogens (tertiary/aromatic N) is 1. The summed E-state index contributed by atoms with van der Waals surface area (Å²) in [5, 5.41) is 3.99. The monoisotopic (exact) mass is 426 g/mol. The summed E-state index contributed by atoms with van der Waals surface area (Å²) in [5.74, 6) is -0.764. The van der Waals surface area contributed by atoms with Crippen LogP contribution in [0.4, 0.5) is 10.1 Å². The first-order valence-electron chi connectivity index (χ1n) is 8.76. The van der Waals surface area contributed by atoms with E-state index in [9.17, 15) is 9.18 Å². The molecular formula is C23H17Cl2FN2O. The van der Waals surface area contributed by atoms with Crippen molar-refractivity contribution < 1.29 is 9.18 Å². The highest BCUT2D eigenvalue weighted by Gasteiger charge is 2.22. The third-order valence-electron chi connectivity index (χ3n) is 4.53. The number of fused-ring (bicyclic) bond motifs is 1. The van der Waals surface area contributed by atoms with Crippen LogP contribution in [0.25, 0.3) is 22.0 Å². The van der Waals surface area contributed by atoms with Crippen LogP contribution in [0, 0.1) is 12.7 Å². The molecule has 0 saturated heterocycles. The van der Waals surface area contributed by atoms with E-state index >= 15 is 0 Å². The number of hydrogen-bond donors (Lipinski definition) is 1. The Hall–Kier alpha value is -2.95. The van der Waals surface area contributed by atoms with Gasteiger partial charge < -0.3 is 5.32 Å². The number of benzene rings is 3. The molecule has 4 aromatic rings. The average molecular weight is 427 g/mol. The first kappa shape index (κ1) is 20.8. The fourth-order valence-electron chi connectivity index (χ4n) is 3.29. The minimum atomic E-state index is -0.414. The quantitative estimate of drug-likeness (QED) is 0.397. The average Bonchev–Trinajstić information content (AvgIpc) is 2.68. The van der Waals surface area contributed by atoms with E-state index in [1.807, 2.05) is 18.2 Å². The lowest BCUT2D eigenvalue weighted by atomic mass is 9.93. The summed E-state index contributed by atoms with van der Waals surface area (Å²) in [6, 6.07) is 20.7. The van der Waals surface area contributed by atoms with Gasteiger partial charge in [0.15, 0.2) is 0 Å². The van der Waals surface area contributed by atoms with Crippen LogP contribution in [-0.4, -0.2) is 10.9 Å². The van der Waals surface area contributed by atoms with Gasteiger partial charge in [-0.3, -0.25) is 9.78 Å². The van der Waals surface area contributed by atoms with Crippen molar-refractivity contribution in [3.63, 3.8) is 0 Å². The molecule has 1 heterocycles. The lowest BCUT2D eigenvalue weighted by molar-refractivity contribution is 0.102. The van der Waals surface area contributed by atoms with Gasteiger partial charge in [0.1, 0.15) is 5.82 Å². The van der Waals surface area contributed by atoms with Crippen LogP contribution in [0.15, 0.2) is 72.8 Å². The highest BCUT2D eigenvalue weighted by atomic mass is 35.5. The van der Waals surface area contributed by atoms with Crippen molar-refractivity contribution in [2.24, 2.45) is 0 Å². The Morgan fingerprint density at radius 1 is 1.00 bits per heavy atom. The van der Waals surface area contributed by atoms with Crippen LogP contribution in [0.2, 0.25) is 5.02 Å². The number of para-hydroxylation sites is 1. The number of pyridine rings is 1. The van der Waals surface area contributed by atoms with Gasteiger partial charge in [-0.2, -0.15) is 0 Å². The van der Waals surface area contributed by atoms with E-state index in [1.165, 1.54) is 6.07 Å². The second-order valence-corrected chi connectivity index (χ2v) is 6.85. The molecule has 0 atom stereocenters. The molecule has 4 rings (SSSR count). The number of anilines is 1. The molecule has 0 radical (unpaired) electrons. The molecule has 0 bridgehead atoms. The molecule has 146 valence electrons. The topological polar surface area (TPSA) is 42.0 Å². The number of nitrogens with one attached hydrogen (secondary N) is 1. The Kier molecular flexibility index (Phi) is 6.16. The van der Waals surface area contributed by atoms with Crippen molar-refractivity contribution in [1.82, 2.24) is 4.98 Å². The molecule has 6 heteroatoms. The summed E-state index contributed by atoms with van der Waals surface area (Å²) in [7, 11) is 0. The molecule has 1 amide bonds. The maximum Gasteiger partial charge on any atom is 0.258 e. The van der Waals surface area contributed by atoms with E-state index in [0.717, 1.165) is 0 Å². The van der Waals surface area contributed by atoms with Crippen LogP contribution in [-0.2, 0) is 0 Å². The Balaban J connectivity index is 0.00000240. The van der Waals surface area contributed by atoms with Gasteiger partial charge in [0.2, 0.25) is 0 Å². The molecule has 0 saturated carbocycles. The Morgan fingerprint density at radius 2 is 1.69 bits per heavy atom. The molecule has 3 nitrogen and oxygen atoms in total. The minimum Gasteiger partial charge on any atom is -0.322 e. The molecule has 29 heavy (non-hydrogen) atoms. The van der Waals surface area contributed by atoms with Crippen LogP contribution >= 0.6 is 24.0 Å². The summed E-state index contributed by atoms with van der Waals surface area (Å²) in [6.45, 7) is 1.75. The van der Waals surface area contributed by atoms with Crippen molar-refractivity contribution in [1.29, 1.82) is 0 Å². The standard InChI is InChI=1S/C23H16ClFN2O.ClH/c1-14-21(23(28)27-16-7-3-2-4-8-16)22(17-9-5-6-10-19(17)25)18-13-15(24)11-12-20(18)26-14;/h2-13H,1H3,(H,27,28);1H. The van der Waals surface area contributed by atoms with E-state index in [0.29, 0.717) is 44.0 Å². The van der Waals surface area contributed by atoms with E-state index in [4.69, 9.17) is 11.6 Å². The third kappa shape index (κ3) is 4.09. The van der Waals surface area contributed by atoms with Crippen LogP contribution < -0.4 is 5.32 Å². The predicted molar refractivity (Wildman–Crippen MR) is 119 cm³/mol. The first-order valence-corrected chi connectivity index (χ1v) is 9.13. The smallest absolute Gasteiger partial charge is 0.258 e. The maximum atomic E-state index is 14.7. The lowest BCUT2D eigenvalue weighted by Gasteiger charge is -2.16. The zero-order chi connectivity index (χ0) is 19.7.